The minimum absolute atomic E-state index is 0. The maximum absolute atomic E-state index is 11.5. The third kappa shape index (κ3) is 22.1. The molecule has 4 aliphatic heterocycles. The molecule has 0 bridgehead atoms. The van der Waals surface area contributed by atoms with Gasteiger partial charge in [-0.2, -0.15) is 10.1 Å². The predicted molar refractivity (Wildman–Crippen MR) is 235 cm³/mol. The van der Waals surface area contributed by atoms with Gasteiger partial charge in [0, 0.05) is 63.2 Å². The van der Waals surface area contributed by atoms with Crippen molar-refractivity contribution in [3.05, 3.63) is 71.8 Å². The molecule has 360 valence electrons. The molecule has 0 radical (unpaired) electrons. The minimum atomic E-state index is -0.498. The number of imide groups is 4. The van der Waals surface area contributed by atoms with Crippen LogP contribution in [0.25, 0.3) is 0 Å². The van der Waals surface area contributed by atoms with Crippen LogP contribution in [0.3, 0.4) is 0 Å². The fourth-order valence-electron chi connectivity index (χ4n) is 6.57. The molecule has 0 N–H and O–H groups in total. The topological polar surface area (TPSA) is 221 Å². The van der Waals surface area contributed by atoms with Gasteiger partial charge in [0.15, 0.2) is 0 Å². The van der Waals surface area contributed by atoms with Gasteiger partial charge in [0.05, 0.1) is 0 Å². The van der Waals surface area contributed by atoms with E-state index in [4.69, 9.17) is 19.4 Å². The molecule has 0 aromatic heterocycles. The summed E-state index contributed by atoms with van der Waals surface area (Å²) < 4.78 is 0. The van der Waals surface area contributed by atoms with E-state index in [0.29, 0.717) is 10.1 Å². The monoisotopic (exact) mass is 966 g/mol. The summed E-state index contributed by atoms with van der Waals surface area (Å²) in [5, 5.41) is 2.98. The average molecular weight is 967 g/mol. The van der Waals surface area contributed by atoms with Crippen molar-refractivity contribution in [3.63, 3.8) is 0 Å². The van der Waals surface area contributed by atoms with Crippen molar-refractivity contribution < 1.29 is 126 Å². The van der Waals surface area contributed by atoms with Crippen LogP contribution in [0, 0.1) is 11.8 Å². The molecule has 0 aliphatic carbocycles. The van der Waals surface area contributed by atoms with E-state index in [1.54, 1.807) is 13.8 Å². The van der Waals surface area contributed by atoms with Crippen LogP contribution in [-0.2, 0) is 80.5 Å². The zero-order chi connectivity index (χ0) is 48.4. The van der Waals surface area contributed by atoms with E-state index in [2.05, 4.69) is 13.8 Å². The first kappa shape index (κ1) is 61.9. The Kier molecular flexibility index (Phi) is 31.1. The summed E-state index contributed by atoms with van der Waals surface area (Å²) in [5.41, 5.74) is 1.87. The van der Waals surface area contributed by atoms with Crippen LogP contribution in [0.15, 0.2) is 60.7 Å². The Bertz CT molecular complexity index is 1940. The molecule has 20 heteroatoms. The van der Waals surface area contributed by atoms with Crippen molar-refractivity contribution >= 4 is 59.2 Å². The number of hydrogen-bond donors (Lipinski definition) is 0. The van der Waals surface area contributed by atoms with Crippen LogP contribution in [-0.4, -0.2) is 79.4 Å². The number of nitrogens with zero attached hydrogens (tertiary/aromatic N) is 4. The Morgan fingerprint density at radius 1 is 0.456 bits per heavy atom. The fraction of sp³-hybridized carbons (Fsp3) is 0.542. The summed E-state index contributed by atoms with van der Waals surface area (Å²) in [6.45, 7) is 8.12. The second-order valence-corrected chi connectivity index (χ2v) is 16.2. The molecular weight excluding hydrogens is 903 g/mol. The van der Waals surface area contributed by atoms with Gasteiger partial charge in [-0.3, -0.25) is 48.0 Å². The van der Waals surface area contributed by atoms with Crippen LogP contribution < -0.4 is 59.1 Å². The van der Waals surface area contributed by atoms with Crippen LogP contribution in [0.1, 0.15) is 154 Å². The average Bonchev–Trinajstić information content (AvgIpc) is 3.97. The van der Waals surface area contributed by atoms with Crippen molar-refractivity contribution in [3.8, 4) is 0 Å². The predicted octanol–water partition coefficient (Wildman–Crippen LogP) is 0.943. The van der Waals surface area contributed by atoms with Gasteiger partial charge in [-0.1, -0.05) is 140 Å². The zero-order valence-corrected chi connectivity index (χ0v) is 44.6. The Balaban J connectivity index is 0.000000450. The van der Waals surface area contributed by atoms with Gasteiger partial charge in [-0.05, 0) is 24.0 Å². The molecule has 8 amide bonds. The second kappa shape index (κ2) is 34.2. The Hall–Kier alpha value is -4.14. The van der Waals surface area contributed by atoms with Gasteiger partial charge in [-0.25, -0.2) is 9.59 Å². The molecule has 4 heterocycles. The van der Waals surface area contributed by atoms with Crippen LogP contribution >= 0.6 is 0 Å². The van der Waals surface area contributed by atoms with E-state index in [1.165, 1.54) is 0 Å². The van der Waals surface area contributed by atoms with E-state index < -0.39 is 35.6 Å². The smallest absolute Gasteiger partial charge is 0.330 e. The molecule has 4 fully saturated rings. The molecule has 4 saturated heterocycles. The Morgan fingerprint density at radius 2 is 0.794 bits per heavy atom. The first-order valence-electron chi connectivity index (χ1n) is 22.9. The molecule has 0 saturated carbocycles. The van der Waals surface area contributed by atoms with E-state index in [0.717, 1.165) is 85.5 Å². The molecule has 2 atom stereocenters. The molecular formula is C48H64N4Na2O14+2. The van der Waals surface area contributed by atoms with Crippen LogP contribution in [0.4, 0.5) is 0 Å². The van der Waals surface area contributed by atoms with Gasteiger partial charge >= 0.3 is 71.1 Å². The molecule has 2 unspecified atom stereocenters. The largest absolute Gasteiger partial charge is 1.00 e. The number of hydroxylamine groups is 8. The van der Waals surface area contributed by atoms with Crippen molar-refractivity contribution in [2.75, 3.05) is 0 Å². The number of benzene rings is 2. The summed E-state index contributed by atoms with van der Waals surface area (Å²) in [7, 11) is 0. The van der Waals surface area contributed by atoms with Gasteiger partial charge in [0.1, 0.15) is 13.2 Å². The molecule has 2 aromatic carbocycles. The van der Waals surface area contributed by atoms with Gasteiger partial charge in [0.2, 0.25) is 0 Å². The summed E-state index contributed by atoms with van der Waals surface area (Å²) >= 11 is 0. The molecule has 4 aliphatic rings. The van der Waals surface area contributed by atoms with Crippen LogP contribution in [0.5, 0.6) is 0 Å². The van der Waals surface area contributed by atoms with Gasteiger partial charge < -0.3 is 9.68 Å². The van der Waals surface area contributed by atoms with E-state index in [-0.39, 0.29) is 159 Å². The van der Waals surface area contributed by atoms with Crippen molar-refractivity contribution in [2.45, 2.75) is 156 Å². The van der Waals surface area contributed by atoms with Crippen molar-refractivity contribution in [2.24, 2.45) is 11.8 Å². The van der Waals surface area contributed by atoms with Crippen LogP contribution in [0.2, 0.25) is 0 Å². The number of rotatable bonds is 20. The number of amides is 8. The third-order valence-corrected chi connectivity index (χ3v) is 10.4. The normalized spacial score (nSPS) is 17.4. The van der Waals surface area contributed by atoms with Gasteiger partial charge in [-0.15, -0.1) is 10.1 Å². The second-order valence-electron chi connectivity index (χ2n) is 16.2. The molecule has 0 spiro atoms. The third-order valence-electron chi connectivity index (χ3n) is 10.4. The molecule has 18 nitrogen and oxygen atoms in total. The number of carbonyl (C=O) groups excluding carboxylic acids is 10. The van der Waals surface area contributed by atoms with Crippen molar-refractivity contribution in [1.82, 2.24) is 20.3 Å². The number of hydrogen-bond acceptors (Lipinski definition) is 14. The summed E-state index contributed by atoms with van der Waals surface area (Å²) in [4.78, 5) is 133. The quantitative estimate of drug-likeness (QED) is 0.103. The molecule has 68 heavy (non-hydrogen) atoms. The number of carbonyl (C=O) groups is 10. The first-order valence-corrected chi connectivity index (χ1v) is 22.9. The van der Waals surface area contributed by atoms with Crippen molar-refractivity contribution in [1.29, 1.82) is 0 Å². The number of unbranched alkanes of at least 4 members (excludes halogenated alkanes) is 8. The van der Waals surface area contributed by atoms with Gasteiger partial charge in [0.25, 0.3) is 47.3 Å². The van der Waals surface area contributed by atoms with E-state index in [9.17, 15) is 47.9 Å². The summed E-state index contributed by atoms with van der Waals surface area (Å²) in [6.07, 6.45) is 12.0. The molecule has 6 rings (SSSR count). The summed E-state index contributed by atoms with van der Waals surface area (Å²) in [5.74, 6) is -4.33. The minimum Gasteiger partial charge on any atom is -0.330 e. The summed E-state index contributed by atoms with van der Waals surface area (Å²) in [6, 6.07) is 18.9. The first-order chi connectivity index (χ1) is 31.7. The Labute approximate surface area is 442 Å². The maximum Gasteiger partial charge on any atom is 1.00 e. The Morgan fingerprint density at radius 3 is 1.16 bits per heavy atom. The SMILES string of the molecule is CC1CC(=O)N(OCc2ccccc2)C1=O.CCCCCCCC(=O)ON1C(=O)CC(C)C1=O.CCCCCCCC(=O)ON1C(=O)CCC1=O.O=C1CCC(=O)N1OCc1ccccc1.[Na+].[Na+]. The van der Waals surface area contributed by atoms with E-state index in [1.807, 2.05) is 60.7 Å². The zero-order valence-electron chi connectivity index (χ0n) is 40.6. The fourth-order valence-corrected chi connectivity index (χ4v) is 6.57. The standard InChI is InChI=1S/C13H21NO4.C12H19NO4.C12H13NO3.C11H11NO3.2Na/c1-3-4-5-6-7-8-12(16)18-14-11(15)9-10(2)13(14)17;1-2-3-4-5-6-7-12(16)17-13-10(14)8-9-11(13)15;1-9-7-11(14)13(12(9)15)16-8-10-5-3-2-4-6-10;13-10-6-7-11(14)12(10)15-8-9-4-2-1-3-5-9;;/h10H,3-9H2,1-2H3;2-9H2,1H3;2-6,9H,7-8H2,1H3;1-5H,6-8H2;;/q;;;;2*+1. The molecule has 2 aromatic rings. The van der Waals surface area contributed by atoms with E-state index >= 15 is 0 Å². The maximum atomic E-state index is 11.5.